The molecule has 1 atom stereocenters. The van der Waals surface area contributed by atoms with Gasteiger partial charge in [0.1, 0.15) is 0 Å². The molecule has 1 unspecified atom stereocenters. The molecule has 0 N–H and O–H groups in total. The van der Waals surface area contributed by atoms with Gasteiger partial charge in [0.15, 0.2) is 5.03 Å². The lowest BCUT2D eigenvalue weighted by Gasteiger charge is -2.21. The third kappa shape index (κ3) is 2.83. The van der Waals surface area contributed by atoms with Crippen LogP contribution < -0.4 is 0 Å². The zero-order valence-corrected chi connectivity index (χ0v) is 12.0. The van der Waals surface area contributed by atoms with Crippen LogP contribution in [0.2, 0.25) is 5.02 Å². The Balaban J connectivity index is 3.16. The molecule has 1 rings (SSSR count). The zero-order valence-electron chi connectivity index (χ0n) is 10.5. The van der Waals surface area contributed by atoms with Crippen molar-refractivity contribution in [3.05, 3.63) is 11.2 Å². The number of aromatic nitrogens is 2. The van der Waals surface area contributed by atoms with Gasteiger partial charge in [-0.3, -0.25) is 4.68 Å². The van der Waals surface area contributed by atoms with Gasteiger partial charge in [-0.2, -0.15) is 14.7 Å². The van der Waals surface area contributed by atoms with Gasteiger partial charge < -0.3 is 0 Å². The predicted molar refractivity (Wildman–Crippen MR) is 67.4 cm³/mol. The van der Waals surface area contributed by atoms with E-state index < -0.39 is 10.0 Å². The van der Waals surface area contributed by atoms with Gasteiger partial charge in [-0.1, -0.05) is 18.5 Å². The van der Waals surface area contributed by atoms with Crippen molar-refractivity contribution in [3.63, 3.8) is 0 Å². The number of nitriles is 1. The summed E-state index contributed by atoms with van der Waals surface area (Å²) in [5.41, 5.74) is 0. The molecule has 0 bridgehead atoms. The van der Waals surface area contributed by atoms with Crippen LogP contribution in [0.5, 0.6) is 0 Å². The number of hydrogen-bond donors (Lipinski definition) is 0. The van der Waals surface area contributed by atoms with Gasteiger partial charge in [0.05, 0.1) is 23.2 Å². The van der Waals surface area contributed by atoms with Gasteiger partial charge in [0.2, 0.25) is 0 Å². The summed E-state index contributed by atoms with van der Waals surface area (Å²) < 4.78 is 27.2. The maximum atomic E-state index is 12.4. The normalized spacial score (nSPS) is 13.6. The molecule has 8 heteroatoms. The highest BCUT2D eigenvalue weighted by Gasteiger charge is 2.30. The van der Waals surface area contributed by atoms with Crippen molar-refractivity contribution in [2.24, 2.45) is 13.0 Å². The molecule has 0 aliphatic carbocycles. The summed E-state index contributed by atoms with van der Waals surface area (Å²) in [4.78, 5) is 0. The van der Waals surface area contributed by atoms with Crippen molar-refractivity contribution >= 4 is 21.6 Å². The van der Waals surface area contributed by atoms with E-state index in [1.54, 1.807) is 13.8 Å². The van der Waals surface area contributed by atoms with Crippen LogP contribution in [0.1, 0.15) is 13.8 Å². The maximum absolute atomic E-state index is 12.4. The predicted octanol–water partition coefficient (Wildman–Crippen LogP) is 1.24. The SMILES string of the molecule is CCN(CC(C)C#N)S(=O)(=O)c1c(Cl)cnn1C. The van der Waals surface area contributed by atoms with Crippen molar-refractivity contribution < 1.29 is 8.42 Å². The summed E-state index contributed by atoms with van der Waals surface area (Å²) in [6.45, 7) is 3.79. The number of rotatable bonds is 5. The molecule has 0 radical (unpaired) electrons. The number of sulfonamides is 1. The molecule has 18 heavy (non-hydrogen) atoms. The molecule has 0 spiro atoms. The lowest BCUT2D eigenvalue weighted by molar-refractivity contribution is 0.395. The first-order chi connectivity index (χ1) is 8.34. The fraction of sp³-hybridized carbons (Fsp3) is 0.600. The Bertz CT molecular complexity index is 541. The Morgan fingerprint density at radius 1 is 1.67 bits per heavy atom. The summed E-state index contributed by atoms with van der Waals surface area (Å²) in [5, 5.41) is 12.6. The van der Waals surface area contributed by atoms with Crippen LogP contribution in [0.25, 0.3) is 0 Å². The van der Waals surface area contributed by atoms with Gasteiger partial charge >= 0.3 is 0 Å². The number of halogens is 1. The lowest BCUT2D eigenvalue weighted by atomic mass is 10.2. The molecule has 1 aromatic heterocycles. The second-order valence-corrected chi connectivity index (χ2v) is 6.17. The number of hydrogen-bond acceptors (Lipinski definition) is 4. The van der Waals surface area contributed by atoms with Crippen LogP contribution in [0.3, 0.4) is 0 Å². The van der Waals surface area contributed by atoms with Gasteiger partial charge in [-0.05, 0) is 6.92 Å². The fourth-order valence-corrected chi connectivity index (χ4v) is 3.70. The van der Waals surface area contributed by atoms with Gasteiger partial charge in [0, 0.05) is 20.1 Å². The van der Waals surface area contributed by atoms with Crippen LogP contribution in [0.4, 0.5) is 0 Å². The van der Waals surface area contributed by atoms with Crippen LogP contribution in [0.15, 0.2) is 11.2 Å². The molecule has 0 saturated heterocycles. The molecule has 1 heterocycles. The van der Waals surface area contributed by atoms with Crippen LogP contribution >= 0.6 is 11.6 Å². The Kier molecular flexibility index (Phi) is 4.73. The third-order valence-corrected chi connectivity index (χ3v) is 4.93. The van der Waals surface area contributed by atoms with E-state index >= 15 is 0 Å². The summed E-state index contributed by atoms with van der Waals surface area (Å²) in [6.07, 6.45) is 1.29. The van der Waals surface area contributed by atoms with E-state index in [2.05, 4.69) is 5.10 Å². The standard InChI is InChI=1S/C10H15ClN4O2S/c1-4-15(7-8(2)5-12)18(16,17)10-9(11)6-13-14(10)3/h6,8H,4,7H2,1-3H3. The largest absolute Gasteiger partial charge is 0.261 e. The van der Waals surface area contributed by atoms with Gasteiger partial charge in [0.25, 0.3) is 10.0 Å². The van der Waals surface area contributed by atoms with E-state index in [1.807, 2.05) is 6.07 Å². The topological polar surface area (TPSA) is 79.0 Å². The molecule has 0 saturated carbocycles. The van der Waals surface area contributed by atoms with E-state index in [4.69, 9.17) is 16.9 Å². The molecule has 1 aromatic rings. The minimum atomic E-state index is -3.72. The van der Waals surface area contributed by atoms with Crippen molar-refractivity contribution in [1.29, 1.82) is 5.26 Å². The molecule has 0 fully saturated rings. The average Bonchev–Trinajstić information content (AvgIpc) is 2.65. The number of aryl methyl sites for hydroxylation is 1. The molecular weight excluding hydrogens is 276 g/mol. The van der Waals surface area contributed by atoms with Crippen molar-refractivity contribution in [1.82, 2.24) is 14.1 Å². The zero-order chi connectivity index (χ0) is 13.9. The monoisotopic (exact) mass is 290 g/mol. The fourth-order valence-electron chi connectivity index (χ4n) is 1.56. The molecule has 0 aromatic carbocycles. The third-order valence-electron chi connectivity index (χ3n) is 2.48. The second kappa shape index (κ2) is 5.69. The van der Waals surface area contributed by atoms with E-state index in [9.17, 15) is 8.42 Å². The molecule has 100 valence electrons. The molecule has 0 aliphatic rings. The first-order valence-electron chi connectivity index (χ1n) is 5.41. The highest BCUT2D eigenvalue weighted by atomic mass is 35.5. The summed E-state index contributed by atoms with van der Waals surface area (Å²) in [5.74, 6) is -0.383. The van der Waals surface area contributed by atoms with Crippen molar-refractivity contribution in [2.45, 2.75) is 18.9 Å². The van der Waals surface area contributed by atoms with Gasteiger partial charge in [-0.15, -0.1) is 0 Å². The van der Waals surface area contributed by atoms with Crippen LogP contribution in [0, 0.1) is 17.2 Å². The Labute approximate surface area is 112 Å². The number of nitrogens with zero attached hydrogens (tertiary/aromatic N) is 4. The van der Waals surface area contributed by atoms with E-state index in [0.717, 1.165) is 0 Å². The molecular formula is C10H15ClN4O2S. The van der Waals surface area contributed by atoms with Crippen LogP contribution in [-0.2, 0) is 17.1 Å². The minimum absolute atomic E-state index is 0.0452. The highest BCUT2D eigenvalue weighted by Crippen LogP contribution is 2.24. The van der Waals surface area contributed by atoms with Crippen molar-refractivity contribution in [3.8, 4) is 6.07 Å². The van der Waals surface area contributed by atoms with E-state index in [0.29, 0.717) is 0 Å². The first kappa shape index (κ1) is 15.0. The molecule has 6 nitrogen and oxygen atoms in total. The summed E-state index contributed by atoms with van der Waals surface area (Å²) in [6, 6.07) is 2.01. The Hall–Kier alpha value is -1.10. The minimum Gasteiger partial charge on any atom is -0.255 e. The van der Waals surface area contributed by atoms with Gasteiger partial charge in [-0.25, -0.2) is 8.42 Å². The highest BCUT2D eigenvalue weighted by molar-refractivity contribution is 7.89. The van der Waals surface area contributed by atoms with Crippen molar-refractivity contribution in [2.75, 3.05) is 13.1 Å². The second-order valence-electron chi connectivity index (χ2n) is 3.91. The Morgan fingerprint density at radius 2 is 2.28 bits per heavy atom. The first-order valence-corrected chi connectivity index (χ1v) is 7.23. The van der Waals surface area contributed by atoms with Crippen LogP contribution in [-0.4, -0.2) is 35.6 Å². The molecule has 0 aliphatic heterocycles. The quantitative estimate of drug-likeness (QED) is 0.817. The average molecular weight is 291 g/mol. The van der Waals surface area contributed by atoms with E-state index in [-0.39, 0.29) is 29.1 Å². The molecule has 0 amide bonds. The summed E-state index contributed by atoms with van der Waals surface area (Å²) >= 11 is 5.85. The Morgan fingerprint density at radius 3 is 2.67 bits per heavy atom. The van der Waals surface area contributed by atoms with E-state index in [1.165, 1.54) is 22.2 Å². The lowest BCUT2D eigenvalue weighted by Crippen LogP contribution is -2.35. The summed E-state index contributed by atoms with van der Waals surface area (Å²) in [7, 11) is -2.21. The smallest absolute Gasteiger partial charge is 0.255 e. The maximum Gasteiger partial charge on any atom is 0.261 e.